The van der Waals surface area contributed by atoms with Gasteiger partial charge < -0.3 is 25.5 Å². The molecular weight excluding hydrogens is 515 g/mol. The lowest BCUT2D eigenvalue weighted by atomic mass is 10.0. The second kappa shape index (κ2) is 7.97. The number of nitrogen functional groups attached to an aromatic ring is 2. The molecule has 1 aliphatic carbocycles. The fourth-order valence-electron chi connectivity index (χ4n) is 5.14. The van der Waals surface area contributed by atoms with Crippen molar-refractivity contribution in [2.24, 2.45) is 0 Å². The van der Waals surface area contributed by atoms with Crippen LogP contribution in [0.15, 0.2) is 52.9 Å². The summed E-state index contributed by atoms with van der Waals surface area (Å²) in [7, 11) is 0. The molecule has 0 radical (unpaired) electrons. The quantitative estimate of drug-likeness (QED) is 0.362. The molecule has 3 aromatic heterocycles. The van der Waals surface area contributed by atoms with Crippen LogP contribution in [0.1, 0.15) is 31.9 Å². The topological polar surface area (TPSA) is 114 Å². The van der Waals surface area contributed by atoms with E-state index in [1.807, 2.05) is 32.2 Å². The maximum atomic E-state index is 14.8. The lowest BCUT2D eigenvalue weighted by molar-refractivity contribution is -0.147. The summed E-state index contributed by atoms with van der Waals surface area (Å²) in [5, 5.41) is 1.24. The highest BCUT2D eigenvalue weighted by atomic mass is 79.9. The van der Waals surface area contributed by atoms with Crippen LogP contribution in [0, 0.1) is 5.82 Å². The van der Waals surface area contributed by atoms with E-state index in [4.69, 9.17) is 20.9 Å². The zero-order chi connectivity index (χ0) is 24.5. The van der Waals surface area contributed by atoms with E-state index in [1.54, 1.807) is 12.1 Å². The summed E-state index contributed by atoms with van der Waals surface area (Å²) >= 11 is 3.32. The fourth-order valence-corrected chi connectivity index (χ4v) is 5.46. The molecule has 180 valence electrons. The van der Waals surface area contributed by atoms with Crippen LogP contribution in [0.5, 0.6) is 0 Å². The van der Waals surface area contributed by atoms with Gasteiger partial charge in [-0.3, -0.25) is 0 Å². The summed E-state index contributed by atoms with van der Waals surface area (Å²) in [6.07, 6.45) is 6.49. The minimum atomic E-state index is -0.714. The van der Waals surface area contributed by atoms with Crippen molar-refractivity contribution >= 4 is 49.5 Å². The largest absolute Gasteiger partial charge is 0.383 e. The van der Waals surface area contributed by atoms with Gasteiger partial charge in [-0.05, 0) is 78.0 Å². The molecule has 4 aromatic rings. The van der Waals surface area contributed by atoms with Gasteiger partial charge in [0, 0.05) is 11.6 Å². The highest BCUT2D eigenvalue weighted by Gasteiger charge is 2.50. The van der Waals surface area contributed by atoms with Crippen LogP contribution in [0.3, 0.4) is 0 Å². The third kappa shape index (κ3) is 3.76. The molecule has 0 amide bonds. The summed E-state index contributed by atoms with van der Waals surface area (Å²) in [6, 6.07) is 6.92. The van der Waals surface area contributed by atoms with Crippen LogP contribution in [0.2, 0.25) is 0 Å². The van der Waals surface area contributed by atoms with Gasteiger partial charge in [-0.2, -0.15) is 0 Å². The molecule has 0 spiro atoms. The zero-order valence-corrected chi connectivity index (χ0v) is 20.8. The number of pyridine rings is 1. The predicted molar refractivity (Wildman–Crippen MR) is 135 cm³/mol. The van der Waals surface area contributed by atoms with E-state index < -0.39 is 5.79 Å². The van der Waals surface area contributed by atoms with Crippen molar-refractivity contribution in [2.45, 2.75) is 50.7 Å². The van der Waals surface area contributed by atoms with E-state index in [0.717, 1.165) is 22.2 Å². The molecule has 35 heavy (non-hydrogen) atoms. The van der Waals surface area contributed by atoms with Crippen LogP contribution in [-0.4, -0.2) is 37.5 Å². The van der Waals surface area contributed by atoms with Crippen LogP contribution in [0.25, 0.3) is 21.9 Å². The van der Waals surface area contributed by atoms with E-state index in [2.05, 4.69) is 41.5 Å². The first-order valence-corrected chi connectivity index (χ1v) is 12.2. The van der Waals surface area contributed by atoms with Crippen molar-refractivity contribution < 1.29 is 13.9 Å². The Labute approximate surface area is 209 Å². The summed E-state index contributed by atoms with van der Waals surface area (Å²) in [6.45, 7) is 3.83. The Hall–Kier alpha value is -3.08. The molecule has 1 aliphatic heterocycles. The summed E-state index contributed by atoms with van der Waals surface area (Å²) in [5.41, 5.74) is 15.2. The minimum absolute atomic E-state index is 0.115. The van der Waals surface area contributed by atoms with Gasteiger partial charge in [-0.15, -0.1) is 0 Å². The molecule has 0 bridgehead atoms. The third-order valence-electron chi connectivity index (χ3n) is 6.70. The molecule has 4 heterocycles. The Morgan fingerprint density at radius 1 is 1.09 bits per heavy atom. The highest BCUT2D eigenvalue weighted by Crippen LogP contribution is 2.45. The predicted octanol–water partition coefficient (Wildman–Crippen LogP) is 4.68. The zero-order valence-electron chi connectivity index (χ0n) is 19.2. The second-order valence-corrected chi connectivity index (χ2v) is 10.3. The van der Waals surface area contributed by atoms with Gasteiger partial charge in [0.15, 0.2) is 5.79 Å². The minimum Gasteiger partial charge on any atom is -0.383 e. The number of benzene rings is 1. The lowest BCUT2D eigenvalue weighted by Gasteiger charge is -2.22. The number of hydrogen-bond donors (Lipinski definition) is 2. The van der Waals surface area contributed by atoms with Crippen molar-refractivity contribution in [3.63, 3.8) is 0 Å². The number of ether oxygens (including phenoxy) is 2. The fraction of sp³-hybridized carbons (Fsp3) is 0.320. The number of rotatable bonds is 4. The smallest absolute Gasteiger partial charge is 0.164 e. The Kier molecular flexibility index (Phi) is 5.10. The molecule has 0 saturated carbocycles. The number of aromatic nitrogens is 4. The van der Waals surface area contributed by atoms with Crippen molar-refractivity contribution in [3.8, 4) is 0 Å². The summed E-state index contributed by atoms with van der Waals surface area (Å²) in [4.78, 5) is 12.9. The standard InChI is InChI=1S/C25H24BrFN6O2/c1-25(2)34-20-13(4-3-12-7-17(27)15-10-16(26)23(29)32-18(15)8-12)9-19(21(20)35-25)33-6-5-14-22(28)30-11-31-24(14)33/h5-11,19-21H,3-4H2,1-2H3,(H2,29,32)(H2,28,30,31)/t19-,20-,21+/m1/s1. The third-order valence-corrected chi connectivity index (χ3v) is 7.34. The normalized spacial score (nSPS) is 23.2. The van der Waals surface area contributed by atoms with E-state index in [0.29, 0.717) is 39.9 Å². The maximum absolute atomic E-state index is 14.8. The SMILES string of the molecule is CC1(C)O[C@@H]2[C@H](O1)C(CCc1cc(F)c3cc(Br)c(N)nc3c1)=C[C@H]2n1ccc2c(N)ncnc21. The number of nitrogens with zero attached hydrogens (tertiary/aromatic N) is 4. The monoisotopic (exact) mass is 538 g/mol. The van der Waals surface area contributed by atoms with Crippen molar-refractivity contribution in [3.05, 3.63) is 64.3 Å². The molecule has 0 unspecified atom stereocenters. The van der Waals surface area contributed by atoms with Crippen LogP contribution in [-0.2, 0) is 15.9 Å². The van der Waals surface area contributed by atoms with Gasteiger partial charge in [0.2, 0.25) is 0 Å². The Bertz CT molecular complexity index is 1520. The van der Waals surface area contributed by atoms with Gasteiger partial charge in [0.05, 0.1) is 21.4 Å². The first-order chi connectivity index (χ1) is 16.7. The molecule has 6 rings (SSSR count). The Balaban J connectivity index is 1.33. The van der Waals surface area contributed by atoms with E-state index in [1.165, 1.54) is 6.33 Å². The molecule has 1 fully saturated rings. The summed E-state index contributed by atoms with van der Waals surface area (Å²) < 4.78 is 30.1. The number of nitrogens with two attached hydrogens (primary N) is 2. The first-order valence-electron chi connectivity index (χ1n) is 11.4. The molecule has 4 N–H and O–H groups in total. The average molecular weight is 539 g/mol. The van der Waals surface area contributed by atoms with E-state index in [-0.39, 0.29) is 24.1 Å². The number of fused-ring (bicyclic) bond motifs is 3. The van der Waals surface area contributed by atoms with Crippen LogP contribution in [0.4, 0.5) is 16.0 Å². The number of anilines is 2. The molecular formula is C25H24BrFN6O2. The van der Waals surface area contributed by atoms with Gasteiger partial charge >= 0.3 is 0 Å². The van der Waals surface area contributed by atoms with Gasteiger partial charge in [0.25, 0.3) is 0 Å². The summed E-state index contributed by atoms with van der Waals surface area (Å²) in [5.74, 6) is -0.260. The number of aryl methyl sites for hydroxylation is 1. The van der Waals surface area contributed by atoms with Crippen molar-refractivity contribution in [1.29, 1.82) is 0 Å². The number of hydrogen-bond acceptors (Lipinski definition) is 7. The van der Waals surface area contributed by atoms with E-state index in [9.17, 15) is 4.39 Å². The van der Waals surface area contributed by atoms with Crippen LogP contribution < -0.4 is 11.5 Å². The van der Waals surface area contributed by atoms with Crippen molar-refractivity contribution in [2.75, 3.05) is 11.5 Å². The van der Waals surface area contributed by atoms with E-state index >= 15 is 0 Å². The highest BCUT2D eigenvalue weighted by molar-refractivity contribution is 9.10. The number of halogens is 2. The average Bonchev–Trinajstić information content (AvgIpc) is 3.45. The molecule has 1 saturated heterocycles. The van der Waals surface area contributed by atoms with Gasteiger partial charge in [0.1, 0.15) is 41.6 Å². The van der Waals surface area contributed by atoms with Gasteiger partial charge in [-0.1, -0.05) is 6.08 Å². The molecule has 3 atom stereocenters. The second-order valence-electron chi connectivity index (χ2n) is 9.47. The van der Waals surface area contributed by atoms with Crippen LogP contribution >= 0.6 is 15.9 Å². The lowest BCUT2D eigenvalue weighted by Crippen LogP contribution is -2.27. The molecule has 10 heteroatoms. The maximum Gasteiger partial charge on any atom is 0.164 e. The molecule has 2 aliphatic rings. The van der Waals surface area contributed by atoms with Crippen molar-refractivity contribution in [1.82, 2.24) is 19.5 Å². The molecule has 8 nitrogen and oxygen atoms in total. The van der Waals surface area contributed by atoms with Gasteiger partial charge in [-0.25, -0.2) is 19.3 Å². The first kappa shape index (κ1) is 22.4. The Morgan fingerprint density at radius 2 is 1.91 bits per heavy atom. The molecule has 1 aromatic carbocycles. The Morgan fingerprint density at radius 3 is 2.74 bits per heavy atom.